The van der Waals surface area contributed by atoms with Gasteiger partial charge >= 0.3 is 11.7 Å². The third-order valence-corrected chi connectivity index (χ3v) is 10.2. The molecule has 5 N–H and O–H groups in total. The first kappa shape index (κ1) is 30.6. The lowest BCUT2D eigenvalue weighted by molar-refractivity contribution is -0.119. The molecular formula is C29H36N6O8S. The number of unbranched alkanes of at least 4 members (excludes halogenated alkanes) is 1. The monoisotopic (exact) mass is 628 g/mol. The number of thioether (sulfide) groups is 1. The molecule has 0 radical (unpaired) electrons. The molecule has 14 nitrogen and oxygen atoms in total. The number of aliphatic hydroxyl groups excluding tert-OH is 2. The molecule has 2 amide bonds. The smallest absolute Gasteiger partial charge is 0.349 e. The van der Waals surface area contributed by atoms with E-state index in [4.69, 9.17) is 9.47 Å². The van der Waals surface area contributed by atoms with Crippen molar-refractivity contribution in [1.82, 2.24) is 30.2 Å². The zero-order chi connectivity index (χ0) is 31.0. The summed E-state index contributed by atoms with van der Waals surface area (Å²) in [6.07, 6.45) is 0.691. The fraction of sp³-hybridized carbons (Fsp3) is 0.586. The van der Waals surface area contributed by atoms with Crippen LogP contribution < -0.4 is 21.9 Å². The Bertz CT molecular complexity index is 1640. The summed E-state index contributed by atoms with van der Waals surface area (Å²) in [7, 11) is 0. The highest BCUT2D eigenvalue weighted by Crippen LogP contribution is 2.33. The van der Waals surface area contributed by atoms with Crippen LogP contribution in [0.3, 0.4) is 0 Å². The molecule has 0 saturated carbocycles. The lowest BCUT2D eigenvalue weighted by Crippen LogP contribution is -2.41. The Morgan fingerprint density at radius 1 is 1.16 bits per heavy atom. The number of hydrogen-bond acceptors (Lipinski definition) is 11. The van der Waals surface area contributed by atoms with Crippen LogP contribution in [-0.4, -0.2) is 96.3 Å². The minimum absolute atomic E-state index is 0.0125. The first-order chi connectivity index (χ1) is 21.2. The van der Waals surface area contributed by atoms with Gasteiger partial charge in [0.1, 0.15) is 30.9 Å². The Morgan fingerprint density at radius 2 is 2.00 bits per heavy atom. The Labute approximate surface area is 256 Å². The van der Waals surface area contributed by atoms with Crippen molar-refractivity contribution in [2.24, 2.45) is 0 Å². The van der Waals surface area contributed by atoms with Gasteiger partial charge in [-0.15, -0.1) is 0 Å². The van der Waals surface area contributed by atoms with Crippen molar-refractivity contribution in [2.75, 3.05) is 19.2 Å². The summed E-state index contributed by atoms with van der Waals surface area (Å²) in [4.78, 5) is 59.7. The van der Waals surface area contributed by atoms with Crippen LogP contribution in [0.25, 0.3) is 22.6 Å². The number of nitrogens with one attached hydrogen (secondary N) is 3. The molecule has 0 bridgehead atoms. The lowest BCUT2D eigenvalue weighted by atomic mass is 9.98. The molecule has 5 heterocycles. The number of benzene rings is 1. The van der Waals surface area contributed by atoms with Gasteiger partial charge < -0.3 is 34.9 Å². The number of H-pyrrole nitrogens is 1. The second-order valence-electron chi connectivity index (χ2n) is 11.7. The first-order valence-corrected chi connectivity index (χ1v) is 15.9. The van der Waals surface area contributed by atoms with Gasteiger partial charge in [0.2, 0.25) is 0 Å². The van der Waals surface area contributed by atoms with Crippen LogP contribution >= 0.6 is 11.8 Å². The molecule has 1 aromatic rings. The molecule has 15 heteroatoms. The Balaban J connectivity index is 1.14. The molecule has 236 valence electrons. The van der Waals surface area contributed by atoms with Crippen molar-refractivity contribution in [1.29, 1.82) is 0 Å². The van der Waals surface area contributed by atoms with Crippen molar-refractivity contribution in [3.63, 3.8) is 0 Å². The number of aliphatic hydroxyl groups is 2. The molecule has 5 aliphatic heterocycles. The minimum Gasteiger partial charge on any atom is -0.388 e. The topological polar surface area (TPSA) is 198 Å². The summed E-state index contributed by atoms with van der Waals surface area (Å²) < 4.78 is 12.0. The van der Waals surface area contributed by atoms with Gasteiger partial charge in [0.05, 0.1) is 36.3 Å². The number of aromatic amines is 1. The molecule has 3 fully saturated rings. The standard InChI is InChI=1S/C29H36N6O8S/c1-14-8-19-17(9-15(14)6-7-16(36)4-2-3-5-22-23-18(12-44-22)31-28(40)32-23)30-24-26(33-29(41)34-27(24)39)35(19)10-20(37)25(38)21-11-42-13-43-21/h8-9,18,20-23,25,37-38H,2-7,10-13H2,1H3,(H2,31,32,40)(H,34,39,41)/t18-,20-,21+,22-,23-,25-/m0/s1. The molecular weight excluding hydrogens is 592 g/mol. The second kappa shape index (κ2) is 12.9. The number of amides is 2. The summed E-state index contributed by atoms with van der Waals surface area (Å²) in [6, 6.07) is 3.91. The van der Waals surface area contributed by atoms with E-state index in [1.165, 1.54) is 4.57 Å². The van der Waals surface area contributed by atoms with Crippen LogP contribution in [0, 0.1) is 6.92 Å². The molecule has 44 heavy (non-hydrogen) atoms. The number of carbonyl (C=O) groups excluding carboxylic acids is 2. The predicted molar refractivity (Wildman–Crippen MR) is 161 cm³/mol. The average molecular weight is 629 g/mol. The molecule has 5 aliphatic rings. The number of aromatic nitrogens is 4. The number of fused-ring (bicyclic) bond motifs is 3. The predicted octanol–water partition coefficient (Wildman–Crippen LogP) is 0.215. The van der Waals surface area contributed by atoms with Crippen molar-refractivity contribution in [3.05, 3.63) is 44.1 Å². The van der Waals surface area contributed by atoms with E-state index in [0.29, 0.717) is 35.5 Å². The number of urea groups is 1. The number of ether oxygens (including phenoxy) is 2. The van der Waals surface area contributed by atoms with E-state index in [9.17, 15) is 29.4 Å². The molecule has 0 unspecified atom stereocenters. The highest BCUT2D eigenvalue weighted by atomic mass is 32.2. The maximum absolute atomic E-state index is 12.8. The van der Waals surface area contributed by atoms with Gasteiger partial charge in [0, 0.05) is 23.8 Å². The quantitative estimate of drug-likeness (QED) is 0.104. The van der Waals surface area contributed by atoms with E-state index in [0.717, 1.165) is 36.1 Å². The highest BCUT2D eigenvalue weighted by Gasteiger charge is 2.42. The number of carbonyl (C=O) groups is 2. The summed E-state index contributed by atoms with van der Waals surface area (Å²) in [5.74, 6) is 1.07. The van der Waals surface area contributed by atoms with Gasteiger partial charge in [-0.3, -0.25) is 14.6 Å². The SMILES string of the molecule is Cc1cc2c(cc1CCC(=O)CCCC[C@@H]1SC[C@@H]3NC(=O)N[C@@H]31)nc1c(=O)[nH]c(=O)nc-1n2C[C@H](O)[C@H](O)[C@H]1COCO1. The van der Waals surface area contributed by atoms with Crippen molar-refractivity contribution < 1.29 is 29.3 Å². The fourth-order valence-corrected chi connectivity index (χ4v) is 7.78. The van der Waals surface area contributed by atoms with Gasteiger partial charge in [0.25, 0.3) is 5.56 Å². The number of aryl methyl sites for hydroxylation is 2. The van der Waals surface area contributed by atoms with Gasteiger partial charge in [-0.05, 0) is 49.4 Å². The van der Waals surface area contributed by atoms with Crippen molar-refractivity contribution >= 4 is 34.6 Å². The highest BCUT2D eigenvalue weighted by molar-refractivity contribution is 8.00. The number of nitrogens with zero attached hydrogens (tertiary/aromatic N) is 3. The normalized spacial score (nSPS) is 24.4. The van der Waals surface area contributed by atoms with Crippen LogP contribution in [-0.2, 0) is 27.2 Å². The summed E-state index contributed by atoms with van der Waals surface area (Å²) in [5, 5.41) is 27.9. The van der Waals surface area contributed by atoms with Gasteiger partial charge in [0.15, 0.2) is 11.5 Å². The van der Waals surface area contributed by atoms with Crippen LogP contribution in [0.1, 0.15) is 43.2 Å². The Hall–Kier alpha value is -3.37. The largest absolute Gasteiger partial charge is 0.388 e. The van der Waals surface area contributed by atoms with Crippen LogP contribution in [0.2, 0.25) is 0 Å². The Morgan fingerprint density at radius 3 is 2.80 bits per heavy atom. The lowest BCUT2D eigenvalue weighted by Gasteiger charge is -2.25. The van der Waals surface area contributed by atoms with E-state index in [1.807, 2.05) is 30.8 Å². The number of rotatable bonds is 12. The van der Waals surface area contributed by atoms with Gasteiger partial charge in [-0.2, -0.15) is 16.7 Å². The zero-order valence-electron chi connectivity index (χ0n) is 24.3. The molecule has 6 rings (SSSR count). The van der Waals surface area contributed by atoms with E-state index >= 15 is 0 Å². The zero-order valence-corrected chi connectivity index (χ0v) is 25.1. The maximum Gasteiger partial charge on any atom is 0.349 e. The van der Waals surface area contributed by atoms with Crippen molar-refractivity contribution in [3.8, 4) is 11.5 Å². The van der Waals surface area contributed by atoms with Crippen LogP contribution in [0.15, 0.2) is 21.7 Å². The number of Topliss-reactive ketones (excluding diaryl/α,β-unsaturated/α-hetero) is 1. The first-order valence-electron chi connectivity index (χ1n) is 14.9. The summed E-state index contributed by atoms with van der Waals surface area (Å²) in [5.41, 5.74) is 1.07. The van der Waals surface area contributed by atoms with Crippen molar-refractivity contribution in [2.45, 2.75) is 87.6 Å². The van der Waals surface area contributed by atoms with Crippen LogP contribution in [0.5, 0.6) is 0 Å². The third kappa shape index (κ3) is 6.38. The number of hydrogen-bond donors (Lipinski definition) is 5. The number of ketones is 1. The van der Waals surface area contributed by atoms with Gasteiger partial charge in [-0.25, -0.2) is 14.6 Å². The van der Waals surface area contributed by atoms with E-state index in [1.54, 1.807) is 0 Å². The molecule has 0 spiro atoms. The van der Waals surface area contributed by atoms with E-state index in [2.05, 4.69) is 25.6 Å². The molecule has 0 aromatic heterocycles. The third-order valence-electron chi connectivity index (χ3n) is 8.66. The fourth-order valence-electron chi connectivity index (χ4n) is 6.24. The minimum atomic E-state index is -1.32. The molecule has 3 saturated heterocycles. The summed E-state index contributed by atoms with van der Waals surface area (Å²) >= 11 is 1.87. The van der Waals surface area contributed by atoms with Crippen LogP contribution in [0.4, 0.5) is 4.79 Å². The Kier molecular flexibility index (Phi) is 9.01. The molecule has 6 atom stereocenters. The second-order valence-corrected chi connectivity index (χ2v) is 13.0. The maximum atomic E-state index is 12.8. The molecule has 1 aromatic carbocycles. The van der Waals surface area contributed by atoms with E-state index < -0.39 is 29.6 Å². The van der Waals surface area contributed by atoms with E-state index in [-0.39, 0.29) is 55.4 Å². The average Bonchev–Trinajstić information content (AvgIpc) is 3.73. The molecule has 0 aliphatic carbocycles. The van der Waals surface area contributed by atoms with Gasteiger partial charge in [-0.1, -0.05) is 6.42 Å². The summed E-state index contributed by atoms with van der Waals surface area (Å²) in [6.45, 7) is 1.86.